The number of nitrogens with one attached hydrogen (secondary N) is 1. The second-order valence-electron chi connectivity index (χ2n) is 15.1. The normalized spacial score (nSPS) is 18.0. The molecule has 0 spiro atoms. The number of carbonyl (C=O) groups excluding carboxylic acids is 4. The fourth-order valence-corrected chi connectivity index (χ4v) is 8.67. The van der Waals surface area contributed by atoms with Gasteiger partial charge in [-0.1, -0.05) is 48.0 Å². The van der Waals surface area contributed by atoms with Gasteiger partial charge in [-0.15, -0.1) is 0 Å². The summed E-state index contributed by atoms with van der Waals surface area (Å²) in [5, 5.41) is 2.95. The quantitative estimate of drug-likeness (QED) is 0.181. The van der Waals surface area contributed by atoms with Crippen LogP contribution in [0.5, 0.6) is 11.5 Å². The van der Waals surface area contributed by atoms with Gasteiger partial charge in [0.25, 0.3) is 0 Å². The van der Waals surface area contributed by atoms with Crippen molar-refractivity contribution in [2.45, 2.75) is 116 Å². The maximum Gasteiger partial charge on any atom is 0.245 e. The van der Waals surface area contributed by atoms with Crippen molar-refractivity contribution in [3.05, 3.63) is 18.2 Å². The summed E-state index contributed by atoms with van der Waals surface area (Å²) in [6.45, 7) is 15.0. The summed E-state index contributed by atoms with van der Waals surface area (Å²) in [5.74, 6) is 0.593. The van der Waals surface area contributed by atoms with Gasteiger partial charge in [0, 0.05) is 56.7 Å². The van der Waals surface area contributed by atoms with Crippen LogP contribution >= 0.6 is 11.8 Å². The molecule has 1 heterocycles. The number of hydrogen-bond donors (Lipinski definition) is 1. The lowest BCUT2D eigenvalue weighted by Gasteiger charge is -2.41. The van der Waals surface area contributed by atoms with E-state index < -0.39 is 18.2 Å². The van der Waals surface area contributed by atoms with E-state index in [-0.39, 0.29) is 71.6 Å². The number of ether oxygens (including phenoxy) is 3. The maximum atomic E-state index is 14.2. The molecule has 1 N–H and O–H groups in total. The molecule has 1 aliphatic rings. The van der Waals surface area contributed by atoms with Crippen molar-refractivity contribution >= 4 is 41.1 Å². The molecule has 0 bridgehead atoms. The van der Waals surface area contributed by atoms with Crippen LogP contribution < -0.4 is 19.7 Å². The zero-order valence-corrected chi connectivity index (χ0v) is 35.7. The molecule has 13 heteroatoms. The average molecular weight is 764 g/mol. The third-order valence-electron chi connectivity index (χ3n) is 10.8. The number of likely N-dealkylation sites (tertiary alicyclic amines) is 1. The van der Waals surface area contributed by atoms with Crippen molar-refractivity contribution in [2.24, 2.45) is 17.8 Å². The molecular formula is C40H69N5O7S. The minimum absolute atomic E-state index is 0.0120. The molecule has 1 saturated heterocycles. The molecule has 0 radical (unpaired) electrons. The molecule has 53 heavy (non-hydrogen) atoms. The highest BCUT2D eigenvalue weighted by Gasteiger charge is 2.41. The highest BCUT2D eigenvalue weighted by atomic mass is 32.2. The van der Waals surface area contributed by atoms with E-state index in [1.165, 1.54) is 0 Å². The van der Waals surface area contributed by atoms with Crippen molar-refractivity contribution in [2.75, 3.05) is 66.7 Å². The van der Waals surface area contributed by atoms with Gasteiger partial charge >= 0.3 is 0 Å². The van der Waals surface area contributed by atoms with Crippen LogP contribution in [0.15, 0.2) is 18.2 Å². The standard InChI is InChI=1S/C40H69N5O7S/c1-15-27(7)38(43(10)40(49)36(25(3)4)41-39(48)37(26(5)6)42(8)9)32(52-13)23-34(46)45-21-17-18-29(45)33(53-14)24-35(47)44(16-2)28-19-20-30(50-11)31(22-28)51-12/h19-20,22,25-27,29,32-33,36-38H,15-18,21,23-24H2,1-14H3,(H,41,48). The first kappa shape index (κ1) is 46.1. The summed E-state index contributed by atoms with van der Waals surface area (Å²) >= 11 is 1.61. The van der Waals surface area contributed by atoms with Crippen LogP contribution in [0.2, 0.25) is 0 Å². The zero-order chi connectivity index (χ0) is 40.2. The molecular weight excluding hydrogens is 695 g/mol. The lowest BCUT2D eigenvalue weighted by molar-refractivity contribution is -0.146. The van der Waals surface area contributed by atoms with Crippen molar-refractivity contribution in [3.8, 4) is 11.5 Å². The summed E-state index contributed by atoms with van der Waals surface area (Å²) in [6, 6.07) is 3.81. The fraction of sp³-hybridized carbons (Fsp3) is 0.750. The van der Waals surface area contributed by atoms with Gasteiger partial charge in [-0.2, -0.15) is 11.8 Å². The number of rotatable bonds is 21. The molecule has 0 saturated carbocycles. The molecule has 1 fully saturated rings. The third kappa shape index (κ3) is 11.7. The van der Waals surface area contributed by atoms with E-state index in [9.17, 15) is 19.2 Å². The van der Waals surface area contributed by atoms with Gasteiger partial charge in [-0.25, -0.2) is 0 Å². The van der Waals surface area contributed by atoms with E-state index in [0.29, 0.717) is 24.6 Å². The molecule has 2 rings (SSSR count). The molecule has 4 amide bonds. The van der Waals surface area contributed by atoms with Crippen LogP contribution in [0.25, 0.3) is 0 Å². The molecule has 0 aromatic heterocycles. The molecule has 1 aromatic rings. The van der Waals surface area contributed by atoms with Gasteiger partial charge in [0.2, 0.25) is 23.6 Å². The largest absolute Gasteiger partial charge is 0.493 e. The van der Waals surface area contributed by atoms with E-state index in [1.807, 2.05) is 76.9 Å². The minimum atomic E-state index is -0.738. The molecule has 7 atom stereocenters. The summed E-state index contributed by atoms with van der Waals surface area (Å²) in [4.78, 5) is 62.9. The Morgan fingerprint density at radius 3 is 2.08 bits per heavy atom. The maximum absolute atomic E-state index is 14.2. The molecule has 1 aliphatic heterocycles. The Hall–Kier alpha value is -3.03. The number of anilines is 1. The number of nitrogens with zero attached hydrogens (tertiary/aromatic N) is 4. The Morgan fingerprint density at radius 1 is 0.943 bits per heavy atom. The van der Waals surface area contributed by atoms with Crippen LogP contribution in [-0.2, 0) is 23.9 Å². The Kier molecular flexibility index (Phi) is 18.9. The fourth-order valence-electron chi connectivity index (χ4n) is 7.77. The molecule has 0 aliphatic carbocycles. The van der Waals surface area contributed by atoms with Gasteiger partial charge in [-0.3, -0.25) is 24.1 Å². The predicted molar refractivity (Wildman–Crippen MR) is 215 cm³/mol. The third-order valence-corrected chi connectivity index (χ3v) is 11.9. The van der Waals surface area contributed by atoms with E-state index in [0.717, 1.165) is 24.9 Å². The van der Waals surface area contributed by atoms with Crippen LogP contribution in [0.4, 0.5) is 5.69 Å². The number of likely N-dealkylation sites (N-methyl/N-ethyl adjacent to an activating group) is 2. The Balaban J connectivity index is 2.30. The smallest absolute Gasteiger partial charge is 0.245 e. The van der Waals surface area contributed by atoms with Crippen LogP contribution in [0.3, 0.4) is 0 Å². The highest BCUT2D eigenvalue weighted by molar-refractivity contribution is 7.99. The lowest BCUT2D eigenvalue weighted by Crippen LogP contribution is -2.59. The number of amides is 4. The van der Waals surface area contributed by atoms with Gasteiger partial charge in [-0.05, 0) is 70.0 Å². The SMILES string of the molecule is CCC(C)C(C(CC(=O)N1CCCC1C(CC(=O)N(CC)c1ccc(OC)c(OC)c1)SC)OC)N(C)C(=O)C(NC(=O)C(C(C)C)N(C)C)C(C)C. The topological polar surface area (TPSA) is 121 Å². The Morgan fingerprint density at radius 2 is 1.58 bits per heavy atom. The first-order valence-corrected chi connectivity index (χ1v) is 20.4. The van der Waals surface area contributed by atoms with E-state index in [1.54, 1.807) is 56.0 Å². The number of benzene rings is 1. The van der Waals surface area contributed by atoms with E-state index in [4.69, 9.17) is 14.2 Å². The predicted octanol–water partition coefficient (Wildman–Crippen LogP) is 5.17. The number of thioether (sulfide) groups is 1. The highest BCUT2D eigenvalue weighted by Crippen LogP contribution is 2.34. The van der Waals surface area contributed by atoms with E-state index >= 15 is 0 Å². The summed E-state index contributed by atoms with van der Waals surface area (Å²) < 4.78 is 16.9. The van der Waals surface area contributed by atoms with Gasteiger partial charge in [0.05, 0.1) is 38.8 Å². The van der Waals surface area contributed by atoms with Crippen LogP contribution in [0, 0.1) is 17.8 Å². The first-order chi connectivity index (χ1) is 25.0. The average Bonchev–Trinajstić information content (AvgIpc) is 3.61. The van der Waals surface area contributed by atoms with Crippen LogP contribution in [0.1, 0.15) is 80.6 Å². The Bertz CT molecular complexity index is 1340. The molecule has 12 nitrogen and oxygen atoms in total. The van der Waals surface area contributed by atoms with Crippen molar-refractivity contribution in [3.63, 3.8) is 0 Å². The van der Waals surface area contributed by atoms with Gasteiger partial charge in [0.15, 0.2) is 11.5 Å². The van der Waals surface area contributed by atoms with E-state index in [2.05, 4.69) is 19.2 Å². The zero-order valence-electron chi connectivity index (χ0n) is 34.9. The summed E-state index contributed by atoms with van der Waals surface area (Å²) in [7, 11) is 10.2. The van der Waals surface area contributed by atoms with Crippen LogP contribution in [-0.4, -0.2) is 136 Å². The number of hydrogen-bond acceptors (Lipinski definition) is 9. The van der Waals surface area contributed by atoms with Gasteiger partial charge < -0.3 is 34.2 Å². The lowest BCUT2D eigenvalue weighted by atomic mass is 9.89. The monoisotopic (exact) mass is 763 g/mol. The second-order valence-corrected chi connectivity index (χ2v) is 16.2. The molecule has 7 unspecified atom stereocenters. The Labute approximate surface area is 324 Å². The van der Waals surface area contributed by atoms with Gasteiger partial charge in [0.1, 0.15) is 6.04 Å². The summed E-state index contributed by atoms with van der Waals surface area (Å²) in [5.41, 5.74) is 0.726. The summed E-state index contributed by atoms with van der Waals surface area (Å²) in [6.07, 6.45) is 4.20. The first-order valence-electron chi connectivity index (χ1n) is 19.1. The molecule has 1 aromatic carbocycles. The number of carbonyl (C=O) groups is 4. The van der Waals surface area contributed by atoms with Crippen molar-refractivity contribution in [1.82, 2.24) is 20.0 Å². The van der Waals surface area contributed by atoms with Crippen molar-refractivity contribution in [1.29, 1.82) is 0 Å². The van der Waals surface area contributed by atoms with Crippen molar-refractivity contribution < 1.29 is 33.4 Å². The molecule has 302 valence electrons. The number of methoxy groups -OCH3 is 3. The second kappa shape index (κ2) is 21.8. The minimum Gasteiger partial charge on any atom is -0.493 e.